The van der Waals surface area contributed by atoms with Gasteiger partial charge in [0, 0.05) is 18.2 Å². The third-order valence-electron chi connectivity index (χ3n) is 5.17. The van der Waals surface area contributed by atoms with Crippen molar-refractivity contribution in [3.05, 3.63) is 46.8 Å². The average molecular weight is 396 g/mol. The van der Waals surface area contributed by atoms with Crippen LogP contribution in [0.5, 0.6) is 10.8 Å². The maximum Gasteiger partial charge on any atom is 0.425 e. The maximum atomic E-state index is 12.6. The van der Waals surface area contributed by atoms with Gasteiger partial charge in [0.2, 0.25) is 0 Å². The second-order valence-electron chi connectivity index (χ2n) is 6.96. The highest BCUT2D eigenvalue weighted by molar-refractivity contribution is 7.13. The summed E-state index contributed by atoms with van der Waals surface area (Å²) >= 11 is 0.544. The van der Waals surface area contributed by atoms with Crippen LogP contribution in [0.25, 0.3) is 0 Å². The molecule has 3 aliphatic rings. The molecule has 1 N–H and O–H groups in total. The second kappa shape index (κ2) is 7.16. The highest BCUT2D eigenvalue weighted by atomic mass is 32.1. The molecule has 2 bridgehead atoms. The van der Waals surface area contributed by atoms with Gasteiger partial charge >= 0.3 is 6.18 Å². The monoisotopic (exact) mass is 396 g/mol. The van der Waals surface area contributed by atoms with E-state index < -0.39 is 11.1 Å². The minimum Gasteiger partial charge on any atom is -0.447 e. The molecule has 4 heterocycles. The summed E-state index contributed by atoms with van der Waals surface area (Å²) < 4.78 is 43.4. The van der Waals surface area contributed by atoms with Crippen molar-refractivity contribution < 1.29 is 22.7 Å². The number of alkyl halides is 3. The summed E-state index contributed by atoms with van der Waals surface area (Å²) in [6, 6.07) is 8.92. The molecule has 0 saturated carbocycles. The van der Waals surface area contributed by atoms with Crippen LogP contribution in [-0.4, -0.2) is 36.5 Å². The second-order valence-corrected chi connectivity index (χ2v) is 8.01. The topological polar surface area (TPSA) is 41.6 Å². The van der Waals surface area contributed by atoms with E-state index in [1.54, 1.807) is 24.3 Å². The molecule has 1 aromatic carbocycles. The molecule has 1 amide bonds. The van der Waals surface area contributed by atoms with Crippen molar-refractivity contribution in [3.8, 4) is 10.8 Å². The molecular formula is C19H19F3N2O2S. The molecule has 1 aromatic heterocycles. The van der Waals surface area contributed by atoms with Gasteiger partial charge in [-0.1, -0.05) is 11.3 Å². The molecular weight excluding hydrogens is 377 g/mol. The predicted octanol–water partition coefficient (Wildman–Crippen LogP) is 4.38. The molecule has 0 aliphatic carbocycles. The molecule has 2 aromatic rings. The number of fused-ring (bicyclic) bond motifs is 3. The Kier molecular flexibility index (Phi) is 4.86. The van der Waals surface area contributed by atoms with Crippen LogP contribution in [0.2, 0.25) is 0 Å². The number of carbonyl (C=O) groups excluding carboxylic acids is 1. The summed E-state index contributed by atoms with van der Waals surface area (Å²) in [4.78, 5) is 14.1. The van der Waals surface area contributed by atoms with Crippen molar-refractivity contribution in [2.45, 2.75) is 25.1 Å². The molecule has 0 radical (unpaired) electrons. The van der Waals surface area contributed by atoms with E-state index in [1.807, 2.05) is 0 Å². The minimum absolute atomic E-state index is 0.129. The first-order valence-corrected chi connectivity index (χ1v) is 9.68. The third kappa shape index (κ3) is 4.11. The molecule has 27 heavy (non-hydrogen) atoms. The number of nitrogens with one attached hydrogen (secondary N) is 1. The van der Waals surface area contributed by atoms with Crippen LogP contribution < -0.4 is 10.1 Å². The molecule has 5 rings (SSSR count). The first-order valence-electron chi connectivity index (χ1n) is 8.87. The number of hydrogen-bond donors (Lipinski definition) is 1. The fraction of sp³-hybridized carbons (Fsp3) is 0.421. The zero-order valence-electron chi connectivity index (χ0n) is 14.5. The average Bonchev–Trinajstić information content (AvgIpc) is 3.12. The number of thiophene rings is 1. The SMILES string of the molecule is O=C(NC1CN2CCC1CC2)c1ccc(Oc2ccc(C(F)(F)F)s2)cc1. The van der Waals surface area contributed by atoms with Gasteiger partial charge in [0.25, 0.3) is 5.91 Å². The number of piperidine rings is 3. The Labute approximate surface area is 158 Å². The van der Waals surface area contributed by atoms with E-state index in [0.717, 1.165) is 38.5 Å². The largest absolute Gasteiger partial charge is 0.447 e. The lowest BCUT2D eigenvalue weighted by Gasteiger charge is -2.44. The van der Waals surface area contributed by atoms with Crippen molar-refractivity contribution >= 4 is 17.2 Å². The van der Waals surface area contributed by atoms with Crippen LogP contribution in [0, 0.1) is 5.92 Å². The maximum absolute atomic E-state index is 12.6. The van der Waals surface area contributed by atoms with Crippen LogP contribution in [0.1, 0.15) is 28.1 Å². The van der Waals surface area contributed by atoms with E-state index >= 15 is 0 Å². The highest BCUT2D eigenvalue weighted by Crippen LogP contribution is 2.39. The summed E-state index contributed by atoms with van der Waals surface area (Å²) in [6.45, 7) is 3.13. The van der Waals surface area contributed by atoms with E-state index in [-0.39, 0.29) is 17.0 Å². The molecule has 3 aliphatic heterocycles. The molecule has 8 heteroatoms. The Bertz CT molecular complexity index is 811. The van der Waals surface area contributed by atoms with Gasteiger partial charge in [-0.25, -0.2) is 0 Å². The Hall–Kier alpha value is -2.06. The molecule has 3 saturated heterocycles. The van der Waals surface area contributed by atoms with Crippen LogP contribution in [0.4, 0.5) is 13.2 Å². The van der Waals surface area contributed by atoms with Gasteiger partial charge in [-0.2, -0.15) is 13.2 Å². The molecule has 3 fully saturated rings. The lowest BCUT2D eigenvalue weighted by atomic mass is 9.84. The van der Waals surface area contributed by atoms with Crippen molar-refractivity contribution in [1.29, 1.82) is 0 Å². The summed E-state index contributed by atoms with van der Waals surface area (Å²) in [5.41, 5.74) is 0.515. The summed E-state index contributed by atoms with van der Waals surface area (Å²) in [5, 5.41) is 3.27. The van der Waals surface area contributed by atoms with Gasteiger partial charge in [0.15, 0.2) is 5.06 Å². The van der Waals surface area contributed by atoms with E-state index in [2.05, 4.69) is 10.2 Å². The fourth-order valence-corrected chi connectivity index (χ4v) is 4.44. The van der Waals surface area contributed by atoms with Gasteiger partial charge in [-0.3, -0.25) is 4.79 Å². The number of amides is 1. The lowest BCUT2D eigenvalue weighted by molar-refractivity contribution is -0.134. The van der Waals surface area contributed by atoms with Crippen molar-refractivity contribution in [3.63, 3.8) is 0 Å². The number of rotatable bonds is 4. The minimum atomic E-state index is -4.37. The van der Waals surface area contributed by atoms with Gasteiger partial charge < -0.3 is 15.0 Å². The summed E-state index contributed by atoms with van der Waals surface area (Å²) in [5.74, 6) is 0.809. The van der Waals surface area contributed by atoms with Gasteiger partial charge in [0.05, 0.1) is 0 Å². The van der Waals surface area contributed by atoms with Crippen LogP contribution >= 0.6 is 11.3 Å². The number of ether oxygens (including phenoxy) is 1. The zero-order valence-corrected chi connectivity index (χ0v) is 15.3. The number of carbonyl (C=O) groups is 1. The van der Waals surface area contributed by atoms with E-state index in [9.17, 15) is 18.0 Å². The molecule has 0 spiro atoms. The van der Waals surface area contributed by atoms with Crippen LogP contribution in [-0.2, 0) is 6.18 Å². The number of nitrogens with zero attached hydrogens (tertiary/aromatic N) is 1. The Morgan fingerprint density at radius 1 is 1.11 bits per heavy atom. The van der Waals surface area contributed by atoms with Crippen LogP contribution in [0.3, 0.4) is 0 Å². The highest BCUT2D eigenvalue weighted by Gasteiger charge is 2.35. The number of hydrogen-bond acceptors (Lipinski definition) is 4. The summed E-state index contributed by atoms with van der Waals surface area (Å²) in [7, 11) is 0. The van der Waals surface area contributed by atoms with Crippen molar-refractivity contribution in [2.75, 3.05) is 19.6 Å². The Morgan fingerprint density at radius 3 is 2.37 bits per heavy atom. The van der Waals surface area contributed by atoms with Crippen LogP contribution in [0.15, 0.2) is 36.4 Å². The standard InChI is InChI=1S/C19H19F3N2O2S/c20-19(21,22)16-5-6-17(27-16)26-14-3-1-13(2-4-14)18(25)23-15-11-24-9-7-12(15)8-10-24/h1-6,12,15H,7-11H2,(H,23,25). The summed E-state index contributed by atoms with van der Waals surface area (Å²) in [6.07, 6.45) is -2.12. The van der Waals surface area contributed by atoms with Crippen molar-refractivity contribution in [2.24, 2.45) is 5.92 Å². The van der Waals surface area contributed by atoms with E-state index in [1.165, 1.54) is 6.07 Å². The molecule has 4 nitrogen and oxygen atoms in total. The fourth-order valence-electron chi connectivity index (χ4n) is 3.70. The Morgan fingerprint density at radius 2 is 1.81 bits per heavy atom. The smallest absolute Gasteiger partial charge is 0.425 e. The van der Waals surface area contributed by atoms with Crippen molar-refractivity contribution in [1.82, 2.24) is 10.2 Å². The predicted molar refractivity (Wildman–Crippen MR) is 96.3 cm³/mol. The first kappa shape index (κ1) is 18.3. The molecule has 144 valence electrons. The number of halogens is 3. The van der Waals surface area contributed by atoms with Gasteiger partial charge in [-0.15, -0.1) is 0 Å². The normalized spacial score (nSPS) is 24.6. The van der Waals surface area contributed by atoms with E-state index in [0.29, 0.717) is 28.6 Å². The van der Waals surface area contributed by atoms with Gasteiger partial charge in [-0.05, 0) is 68.2 Å². The third-order valence-corrected chi connectivity index (χ3v) is 6.18. The molecule has 1 unspecified atom stereocenters. The lowest BCUT2D eigenvalue weighted by Crippen LogP contribution is -2.57. The number of benzene rings is 1. The zero-order chi connectivity index (χ0) is 19.0. The van der Waals surface area contributed by atoms with Gasteiger partial charge in [0.1, 0.15) is 10.6 Å². The first-order chi connectivity index (χ1) is 12.9. The van der Waals surface area contributed by atoms with E-state index in [4.69, 9.17) is 4.74 Å². The Balaban J connectivity index is 1.37. The quantitative estimate of drug-likeness (QED) is 0.834. The molecule has 1 atom stereocenters.